The van der Waals surface area contributed by atoms with Gasteiger partial charge in [0.25, 0.3) is 0 Å². The number of hydrogen-bond acceptors (Lipinski definition) is 2. The number of aliphatic hydroxyl groups excluding tert-OH is 1. The molecule has 1 unspecified atom stereocenters. The normalized spacial score (nSPS) is 17.4. The number of halogens is 1. The fourth-order valence-electron chi connectivity index (χ4n) is 2.55. The molecule has 0 saturated carbocycles. The molecule has 2 nitrogen and oxygen atoms in total. The lowest BCUT2D eigenvalue weighted by Crippen LogP contribution is -2.18. The Morgan fingerprint density at radius 2 is 1.75 bits per heavy atom. The SMILES string of the molecule is CC1(C)COc2ccc(C(O)c3ccc(I)cc3)cc21. The van der Waals surface area contributed by atoms with Crippen molar-refractivity contribution >= 4 is 22.6 Å². The summed E-state index contributed by atoms with van der Waals surface area (Å²) in [6, 6.07) is 14.0. The number of fused-ring (bicyclic) bond motifs is 1. The van der Waals surface area contributed by atoms with Crippen molar-refractivity contribution in [1.29, 1.82) is 0 Å². The number of hydrogen-bond donors (Lipinski definition) is 1. The van der Waals surface area contributed by atoms with Gasteiger partial charge in [0.05, 0.1) is 6.61 Å². The van der Waals surface area contributed by atoms with Crippen molar-refractivity contribution in [3.63, 3.8) is 0 Å². The molecule has 0 radical (unpaired) electrons. The van der Waals surface area contributed by atoms with Crippen molar-refractivity contribution in [1.82, 2.24) is 0 Å². The van der Waals surface area contributed by atoms with Gasteiger partial charge in [-0.15, -0.1) is 0 Å². The molecular formula is C17H17IO2. The smallest absolute Gasteiger partial charge is 0.123 e. The number of benzene rings is 2. The minimum atomic E-state index is -0.589. The first-order chi connectivity index (χ1) is 9.47. The Hall–Kier alpha value is -1.07. The van der Waals surface area contributed by atoms with E-state index in [0.717, 1.165) is 16.9 Å². The van der Waals surface area contributed by atoms with E-state index in [1.165, 1.54) is 9.13 Å². The second-order valence-corrected chi connectivity index (χ2v) is 7.13. The molecule has 0 aromatic heterocycles. The topological polar surface area (TPSA) is 29.5 Å². The van der Waals surface area contributed by atoms with E-state index in [4.69, 9.17) is 4.74 Å². The molecule has 0 fully saturated rings. The fourth-order valence-corrected chi connectivity index (χ4v) is 2.91. The van der Waals surface area contributed by atoms with Gasteiger partial charge in [-0.2, -0.15) is 0 Å². The van der Waals surface area contributed by atoms with Crippen molar-refractivity contribution in [3.8, 4) is 5.75 Å². The van der Waals surface area contributed by atoms with E-state index in [1.807, 2.05) is 36.4 Å². The average Bonchev–Trinajstić information content (AvgIpc) is 2.74. The van der Waals surface area contributed by atoms with Gasteiger partial charge in [0.2, 0.25) is 0 Å². The van der Waals surface area contributed by atoms with Gasteiger partial charge in [0.1, 0.15) is 11.9 Å². The highest BCUT2D eigenvalue weighted by Gasteiger charge is 2.32. The summed E-state index contributed by atoms with van der Waals surface area (Å²) in [6.45, 7) is 5.03. The Morgan fingerprint density at radius 1 is 1.10 bits per heavy atom. The van der Waals surface area contributed by atoms with Crippen LogP contribution in [0.15, 0.2) is 42.5 Å². The molecule has 1 aliphatic rings. The molecule has 1 atom stereocenters. The highest BCUT2D eigenvalue weighted by Crippen LogP contribution is 2.40. The van der Waals surface area contributed by atoms with E-state index in [9.17, 15) is 5.11 Å². The third-order valence-corrected chi connectivity index (χ3v) is 4.54. The van der Waals surface area contributed by atoms with Crippen LogP contribution in [0.25, 0.3) is 0 Å². The molecule has 1 aliphatic heterocycles. The maximum Gasteiger partial charge on any atom is 0.123 e. The van der Waals surface area contributed by atoms with Crippen LogP contribution in [-0.2, 0) is 5.41 Å². The third kappa shape index (κ3) is 2.44. The van der Waals surface area contributed by atoms with Gasteiger partial charge in [0.15, 0.2) is 0 Å². The molecule has 0 spiro atoms. The summed E-state index contributed by atoms with van der Waals surface area (Å²) >= 11 is 2.26. The molecule has 20 heavy (non-hydrogen) atoms. The lowest BCUT2D eigenvalue weighted by Gasteiger charge is -2.18. The summed E-state index contributed by atoms with van der Waals surface area (Å²) in [5.41, 5.74) is 3.03. The van der Waals surface area contributed by atoms with E-state index in [0.29, 0.717) is 6.61 Å². The van der Waals surface area contributed by atoms with E-state index < -0.39 is 6.10 Å². The summed E-state index contributed by atoms with van der Waals surface area (Å²) in [4.78, 5) is 0. The van der Waals surface area contributed by atoms with E-state index in [2.05, 4.69) is 42.5 Å². The standard InChI is InChI=1S/C17H17IO2/c1-17(2)10-20-15-8-5-12(9-14(15)17)16(19)11-3-6-13(18)7-4-11/h3-9,16,19H,10H2,1-2H3. The fraction of sp³-hybridized carbons (Fsp3) is 0.294. The van der Waals surface area contributed by atoms with Gasteiger partial charge in [0, 0.05) is 14.5 Å². The minimum absolute atomic E-state index is 0.0110. The quantitative estimate of drug-likeness (QED) is 0.797. The molecule has 0 saturated heterocycles. The van der Waals surface area contributed by atoms with Gasteiger partial charge in [-0.25, -0.2) is 0 Å². The van der Waals surface area contributed by atoms with Crippen molar-refractivity contribution < 1.29 is 9.84 Å². The zero-order chi connectivity index (χ0) is 14.3. The molecule has 0 amide bonds. The van der Waals surface area contributed by atoms with E-state index >= 15 is 0 Å². The number of rotatable bonds is 2. The molecule has 104 valence electrons. The second-order valence-electron chi connectivity index (χ2n) is 5.88. The van der Waals surface area contributed by atoms with Gasteiger partial charge in [-0.05, 0) is 58.0 Å². The van der Waals surface area contributed by atoms with Crippen LogP contribution < -0.4 is 4.74 Å². The molecule has 2 aromatic rings. The van der Waals surface area contributed by atoms with Crippen molar-refractivity contribution in [3.05, 3.63) is 62.7 Å². The molecular weight excluding hydrogens is 363 g/mol. The van der Waals surface area contributed by atoms with E-state index in [1.54, 1.807) is 0 Å². The first-order valence-corrected chi connectivity index (χ1v) is 7.76. The summed E-state index contributed by atoms with van der Waals surface area (Å²) in [5, 5.41) is 10.5. The first kappa shape index (κ1) is 13.9. The van der Waals surface area contributed by atoms with Crippen LogP contribution in [0.3, 0.4) is 0 Å². The van der Waals surface area contributed by atoms with Crippen LogP contribution in [0.4, 0.5) is 0 Å². The second kappa shape index (κ2) is 5.04. The van der Waals surface area contributed by atoms with Gasteiger partial charge in [-0.3, -0.25) is 0 Å². The number of ether oxygens (including phenoxy) is 1. The Balaban J connectivity index is 1.97. The summed E-state index contributed by atoms with van der Waals surface area (Å²) < 4.78 is 6.86. The molecule has 1 heterocycles. The monoisotopic (exact) mass is 380 g/mol. The zero-order valence-corrected chi connectivity index (χ0v) is 13.7. The van der Waals surface area contributed by atoms with Crippen molar-refractivity contribution in [2.75, 3.05) is 6.61 Å². The maximum atomic E-state index is 10.5. The molecule has 0 bridgehead atoms. The number of aliphatic hydroxyl groups is 1. The predicted octanol–water partition coefficient (Wildman–Crippen LogP) is 4.04. The molecule has 3 rings (SSSR count). The molecule has 3 heteroatoms. The first-order valence-electron chi connectivity index (χ1n) is 6.68. The molecule has 0 aliphatic carbocycles. The van der Waals surface area contributed by atoms with Crippen LogP contribution in [0.5, 0.6) is 5.75 Å². The Bertz CT molecular complexity index is 632. The average molecular weight is 380 g/mol. The van der Waals surface area contributed by atoms with Gasteiger partial charge >= 0.3 is 0 Å². The third-order valence-electron chi connectivity index (χ3n) is 3.82. The zero-order valence-electron chi connectivity index (χ0n) is 11.6. The van der Waals surface area contributed by atoms with E-state index in [-0.39, 0.29) is 5.41 Å². The van der Waals surface area contributed by atoms with Crippen LogP contribution in [0, 0.1) is 3.57 Å². The summed E-state index contributed by atoms with van der Waals surface area (Å²) in [5.74, 6) is 0.938. The van der Waals surface area contributed by atoms with Crippen LogP contribution >= 0.6 is 22.6 Å². The van der Waals surface area contributed by atoms with Crippen molar-refractivity contribution in [2.45, 2.75) is 25.4 Å². The van der Waals surface area contributed by atoms with Gasteiger partial charge in [-0.1, -0.05) is 32.0 Å². The van der Waals surface area contributed by atoms with Crippen LogP contribution in [0.2, 0.25) is 0 Å². The predicted molar refractivity (Wildman–Crippen MR) is 88.2 cm³/mol. The highest BCUT2D eigenvalue weighted by atomic mass is 127. The van der Waals surface area contributed by atoms with Crippen molar-refractivity contribution in [2.24, 2.45) is 0 Å². The Kier molecular flexibility index (Phi) is 3.50. The lowest BCUT2D eigenvalue weighted by atomic mass is 9.85. The minimum Gasteiger partial charge on any atom is -0.492 e. The van der Waals surface area contributed by atoms with Gasteiger partial charge < -0.3 is 9.84 Å². The summed E-state index contributed by atoms with van der Waals surface area (Å²) in [6.07, 6.45) is -0.589. The highest BCUT2D eigenvalue weighted by molar-refractivity contribution is 14.1. The summed E-state index contributed by atoms with van der Waals surface area (Å²) in [7, 11) is 0. The van der Waals surface area contributed by atoms with Crippen LogP contribution in [-0.4, -0.2) is 11.7 Å². The Morgan fingerprint density at radius 3 is 2.45 bits per heavy atom. The molecule has 1 N–H and O–H groups in total. The lowest BCUT2D eigenvalue weighted by molar-refractivity contribution is 0.220. The Labute approximate surface area is 132 Å². The van der Waals surface area contributed by atoms with Crippen LogP contribution in [0.1, 0.15) is 36.6 Å². The molecule has 2 aromatic carbocycles. The largest absolute Gasteiger partial charge is 0.492 e. The maximum absolute atomic E-state index is 10.5.